The molecule has 15 heavy (non-hydrogen) atoms. The SMILES string of the molecule is CS(=O)(=O)c1ccc(C2OCCO2)cc1. The van der Waals surface area contributed by atoms with Gasteiger partial charge in [0.25, 0.3) is 0 Å². The van der Waals surface area contributed by atoms with E-state index in [0.29, 0.717) is 18.1 Å². The van der Waals surface area contributed by atoms with E-state index in [4.69, 9.17) is 9.47 Å². The maximum absolute atomic E-state index is 11.2. The summed E-state index contributed by atoms with van der Waals surface area (Å²) >= 11 is 0. The Morgan fingerprint density at radius 1 is 1.13 bits per heavy atom. The van der Waals surface area contributed by atoms with Gasteiger partial charge >= 0.3 is 0 Å². The van der Waals surface area contributed by atoms with Gasteiger partial charge in [0, 0.05) is 11.8 Å². The molecular weight excluding hydrogens is 216 g/mol. The Morgan fingerprint density at radius 2 is 1.67 bits per heavy atom. The largest absolute Gasteiger partial charge is 0.346 e. The smallest absolute Gasteiger partial charge is 0.184 e. The van der Waals surface area contributed by atoms with Gasteiger partial charge in [0.15, 0.2) is 16.1 Å². The van der Waals surface area contributed by atoms with Crippen LogP contribution in [-0.4, -0.2) is 27.9 Å². The molecule has 1 saturated heterocycles. The topological polar surface area (TPSA) is 52.6 Å². The first-order valence-corrected chi connectivity index (χ1v) is 6.50. The molecule has 1 aliphatic rings. The number of sulfone groups is 1. The molecule has 0 aromatic heterocycles. The molecular formula is C10H12O4S. The first-order chi connectivity index (χ1) is 7.07. The highest BCUT2D eigenvalue weighted by Gasteiger charge is 2.18. The number of hydrogen-bond acceptors (Lipinski definition) is 4. The molecule has 0 spiro atoms. The van der Waals surface area contributed by atoms with Gasteiger partial charge in [0.1, 0.15) is 0 Å². The van der Waals surface area contributed by atoms with Gasteiger partial charge in [-0.1, -0.05) is 12.1 Å². The highest BCUT2D eigenvalue weighted by atomic mass is 32.2. The lowest BCUT2D eigenvalue weighted by molar-refractivity contribution is -0.0441. The van der Waals surface area contributed by atoms with Gasteiger partial charge in [-0.25, -0.2) is 8.42 Å². The molecule has 1 fully saturated rings. The van der Waals surface area contributed by atoms with E-state index in [0.717, 1.165) is 5.56 Å². The van der Waals surface area contributed by atoms with Crippen LogP contribution in [0.25, 0.3) is 0 Å². The van der Waals surface area contributed by atoms with Crippen LogP contribution in [0.2, 0.25) is 0 Å². The van der Waals surface area contributed by atoms with Crippen LogP contribution in [-0.2, 0) is 19.3 Å². The van der Waals surface area contributed by atoms with E-state index < -0.39 is 9.84 Å². The second-order valence-corrected chi connectivity index (χ2v) is 5.43. The third-order valence-corrected chi connectivity index (χ3v) is 3.33. The minimum Gasteiger partial charge on any atom is -0.346 e. The summed E-state index contributed by atoms with van der Waals surface area (Å²) < 4.78 is 33.0. The maximum atomic E-state index is 11.2. The number of benzene rings is 1. The first-order valence-electron chi connectivity index (χ1n) is 4.60. The van der Waals surface area contributed by atoms with E-state index in [-0.39, 0.29) is 6.29 Å². The summed E-state index contributed by atoms with van der Waals surface area (Å²) in [6.07, 6.45) is 0.837. The van der Waals surface area contributed by atoms with Crippen molar-refractivity contribution in [3.05, 3.63) is 29.8 Å². The average Bonchev–Trinajstić information content (AvgIpc) is 2.69. The number of hydrogen-bond donors (Lipinski definition) is 0. The molecule has 0 amide bonds. The Balaban J connectivity index is 2.24. The Hall–Kier alpha value is -0.910. The second-order valence-electron chi connectivity index (χ2n) is 3.41. The fourth-order valence-electron chi connectivity index (χ4n) is 1.42. The molecule has 1 aliphatic heterocycles. The van der Waals surface area contributed by atoms with Crippen molar-refractivity contribution in [1.82, 2.24) is 0 Å². The Kier molecular flexibility index (Phi) is 2.77. The van der Waals surface area contributed by atoms with Crippen LogP contribution >= 0.6 is 0 Å². The molecule has 0 atom stereocenters. The summed E-state index contributed by atoms with van der Waals surface area (Å²) in [5, 5.41) is 0. The summed E-state index contributed by atoms with van der Waals surface area (Å²) in [6, 6.07) is 6.56. The lowest BCUT2D eigenvalue weighted by Crippen LogP contribution is -2.00. The first kappa shape index (κ1) is 10.6. The second kappa shape index (κ2) is 3.92. The van der Waals surface area contributed by atoms with Crippen LogP contribution in [0.15, 0.2) is 29.2 Å². The van der Waals surface area contributed by atoms with Gasteiger partial charge in [-0.15, -0.1) is 0 Å². The maximum Gasteiger partial charge on any atom is 0.184 e. The molecule has 1 aromatic carbocycles. The summed E-state index contributed by atoms with van der Waals surface area (Å²) in [6.45, 7) is 1.16. The van der Waals surface area contributed by atoms with Crippen molar-refractivity contribution in [1.29, 1.82) is 0 Å². The van der Waals surface area contributed by atoms with Crippen LogP contribution in [0.4, 0.5) is 0 Å². The van der Waals surface area contributed by atoms with Crippen molar-refractivity contribution in [3.8, 4) is 0 Å². The van der Waals surface area contributed by atoms with Gasteiger partial charge in [-0.3, -0.25) is 0 Å². The standard InChI is InChI=1S/C10H12O4S/c1-15(11,12)9-4-2-8(3-5-9)10-13-6-7-14-10/h2-5,10H,6-7H2,1H3. The van der Waals surface area contributed by atoms with E-state index in [9.17, 15) is 8.42 Å². The van der Waals surface area contributed by atoms with E-state index in [1.807, 2.05) is 0 Å². The van der Waals surface area contributed by atoms with E-state index in [1.54, 1.807) is 24.3 Å². The molecule has 0 bridgehead atoms. The van der Waals surface area contributed by atoms with Crippen LogP contribution < -0.4 is 0 Å². The number of ether oxygens (including phenoxy) is 2. The summed E-state index contributed by atoms with van der Waals surface area (Å²) in [7, 11) is -3.12. The average molecular weight is 228 g/mol. The predicted molar refractivity (Wildman–Crippen MR) is 54.2 cm³/mol. The molecule has 0 radical (unpaired) electrons. The monoisotopic (exact) mass is 228 g/mol. The van der Waals surface area contributed by atoms with Crippen molar-refractivity contribution in [2.45, 2.75) is 11.2 Å². The highest BCUT2D eigenvalue weighted by Crippen LogP contribution is 2.24. The Morgan fingerprint density at radius 3 is 2.13 bits per heavy atom. The fraction of sp³-hybridized carbons (Fsp3) is 0.400. The zero-order valence-electron chi connectivity index (χ0n) is 8.34. The van der Waals surface area contributed by atoms with Gasteiger partial charge in [-0.2, -0.15) is 0 Å². The molecule has 2 rings (SSSR count). The lowest BCUT2D eigenvalue weighted by atomic mass is 10.2. The van der Waals surface area contributed by atoms with Gasteiger partial charge in [0.2, 0.25) is 0 Å². The highest BCUT2D eigenvalue weighted by molar-refractivity contribution is 7.90. The molecule has 0 aliphatic carbocycles. The Labute approximate surface area is 88.7 Å². The molecule has 0 saturated carbocycles. The van der Waals surface area contributed by atoms with Gasteiger partial charge < -0.3 is 9.47 Å². The molecule has 82 valence electrons. The minimum absolute atomic E-state index is 0.309. The molecule has 0 N–H and O–H groups in total. The molecule has 0 unspecified atom stereocenters. The fourth-order valence-corrected chi connectivity index (χ4v) is 2.05. The third-order valence-electron chi connectivity index (χ3n) is 2.20. The molecule has 4 nitrogen and oxygen atoms in total. The zero-order valence-corrected chi connectivity index (χ0v) is 9.16. The van der Waals surface area contributed by atoms with E-state index in [1.165, 1.54) is 6.26 Å². The number of rotatable bonds is 2. The minimum atomic E-state index is -3.12. The van der Waals surface area contributed by atoms with Gasteiger partial charge in [0.05, 0.1) is 18.1 Å². The van der Waals surface area contributed by atoms with Crippen molar-refractivity contribution < 1.29 is 17.9 Å². The summed E-state index contributed by atoms with van der Waals surface area (Å²) in [4.78, 5) is 0.309. The normalized spacial score (nSPS) is 18.2. The lowest BCUT2D eigenvalue weighted by Gasteiger charge is -2.09. The zero-order chi connectivity index (χ0) is 10.9. The molecule has 1 heterocycles. The van der Waals surface area contributed by atoms with Crippen molar-refractivity contribution in [2.24, 2.45) is 0 Å². The predicted octanol–water partition coefficient (Wildman–Crippen LogP) is 1.14. The van der Waals surface area contributed by atoms with Crippen molar-refractivity contribution in [3.63, 3.8) is 0 Å². The van der Waals surface area contributed by atoms with Crippen LogP contribution in [0, 0.1) is 0 Å². The van der Waals surface area contributed by atoms with Gasteiger partial charge in [-0.05, 0) is 12.1 Å². The van der Waals surface area contributed by atoms with E-state index in [2.05, 4.69) is 0 Å². The Bertz CT molecular complexity index is 429. The van der Waals surface area contributed by atoms with Crippen LogP contribution in [0.5, 0.6) is 0 Å². The molecule has 1 aromatic rings. The quantitative estimate of drug-likeness (QED) is 0.761. The van der Waals surface area contributed by atoms with Crippen molar-refractivity contribution in [2.75, 3.05) is 19.5 Å². The third kappa shape index (κ3) is 2.37. The van der Waals surface area contributed by atoms with Crippen LogP contribution in [0.1, 0.15) is 11.9 Å². The van der Waals surface area contributed by atoms with E-state index >= 15 is 0 Å². The molecule has 5 heteroatoms. The summed E-state index contributed by atoms with van der Waals surface area (Å²) in [5.41, 5.74) is 0.847. The summed E-state index contributed by atoms with van der Waals surface area (Å²) in [5.74, 6) is 0. The van der Waals surface area contributed by atoms with Crippen LogP contribution in [0.3, 0.4) is 0 Å². The van der Waals surface area contributed by atoms with Crippen molar-refractivity contribution >= 4 is 9.84 Å².